The largest absolute Gasteiger partial charge is 0.349 e. The fraction of sp³-hybridized carbons (Fsp3) is 0.692. The van der Waals surface area contributed by atoms with Crippen molar-refractivity contribution in [2.24, 2.45) is 0 Å². The summed E-state index contributed by atoms with van der Waals surface area (Å²) in [5.74, 6) is 0.00567. The van der Waals surface area contributed by atoms with Crippen molar-refractivity contribution >= 4 is 5.91 Å². The van der Waals surface area contributed by atoms with Crippen molar-refractivity contribution in [1.29, 1.82) is 0 Å². The van der Waals surface area contributed by atoms with E-state index in [0.717, 1.165) is 37.7 Å². The Morgan fingerprint density at radius 3 is 2.67 bits per heavy atom. The molecule has 1 saturated heterocycles. The molecule has 2 heterocycles. The van der Waals surface area contributed by atoms with Crippen LogP contribution in [0.15, 0.2) is 6.20 Å². The van der Waals surface area contributed by atoms with Crippen LogP contribution in [0.25, 0.3) is 0 Å². The zero-order valence-electron chi connectivity index (χ0n) is 10.8. The van der Waals surface area contributed by atoms with E-state index in [2.05, 4.69) is 20.4 Å². The third kappa shape index (κ3) is 2.41. The quantitative estimate of drug-likeness (QED) is 0.841. The van der Waals surface area contributed by atoms with Gasteiger partial charge in [0, 0.05) is 30.9 Å². The van der Waals surface area contributed by atoms with Gasteiger partial charge in [-0.2, -0.15) is 5.10 Å². The van der Waals surface area contributed by atoms with Gasteiger partial charge in [0.15, 0.2) is 0 Å². The van der Waals surface area contributed by atoms with Crippen molar-refractivity contribution in [3.8, 4) is 0 Å². The van der Waals surface area contributed by atoms with Gasteiger partial charge in [-0.25, -0.2) is 0 Å². The number of aromatic nitrogens is 2. The molecular formula is C13H20N4O. The highest BCUT2D eigenvalue weighted by molar-refractivity contribution is 5.95. The molecule has 2 N–H and O–H groups in total. The van der Waals surface area contributed by atoms with E-state index < -0.39 is 0 Å². The fourth-order valence-corrected chi connectivity index (χ4v) is 2.69. The van der Waals surface area contributed by atoms with Crippen molar-refractivity contribution in [1.82, 2.24) is 20.4 Å². The molecule has 98 valence electrons. The Labute approximate surface area is 107 Å². The lowest BCUT2D eigenvalue weighted by molar-refractivity contribution is 0.0908. The Morgan fingerprint density at radius 1 is 1.39 bits per heavy atom. The number of H-pyrrole nitrogens is 1. The van der Waals surface area contributed by atoms with Crippen LogP contribution in [0, 0.1) is 6.92 Å². The molecule has 0 atom stereocenters. The third-order valence-electron chi connectivity index (χ3n) is 4.00. The van der Waals surface area contributed by atoms with Gasteiger partial charge in [-0.15, -0.1) is 0 Å². The summed E-state index contributed by atoms with van der Waals surface area (Å²) in [6.07, 6.45) is 6.47. The first-order valence-electron chi connectivity index (χ1n) is 6.79. The average molecular weight is 248 g/mol. The Morgan fingerprint density at radius 2 is 2.11 bits per heavy atom. The van der Waals surface area contributed by atoms with Crippen LogP contribution in [-0.4, -0.2) is 46.2 Å². The molecule has 1 aliphatic carbocycles. The van der Waals surface area contributed by atoms with Crippen molar-refractivity contribution in [2.45, 2.75) is 44.7 Å². The summed E-state index contributed by atoms with van der Waals surface area (Å²) in [6.45, 7) is 4.12. The molecule has 2 aliphatic rings. The average Bonchev–Trinajstić information content (AvgIpc) is 3.12. The number of piperidine rings is 1. The number of likely N-dealkylation sites (tertiary alicyclic amines) is 1. The smallest absolute Gasteiger partial charge is 0.254 e. The number of carbonyl (C=O) groups excluding carboxylic acids is 1. The first kappa shape index (κ1) is 11.7. The number of carbonyl (C=O) groups is 1. The summed E-state index contributed by atoms with van der Waals surface area (Å²) in [5, 5.41) is 9.80. The van der Waals surface area contributed by atoms with Gasteiger partial charge in [-0.3, -0.25) is 9.89 Å². The Hall–Kier alpha value is -1.36. The van der Waals surface area contributed by atoms with Crippen LogP contribution in [0.2, 0.25) is 0 Å². The van der Waals surface area contributed by atoms with E-state index in [1.165, 1.54) is 12.8 Å². The summed E-state index contributed by atoms with van der Waals surface area (Å²) in [5.41, 5.74) is 1.50. The zero-order valence-corrected chi connectivity index (χ0v) is 10.8. The van der Waals surface area contributed by atoms with E-state index >= 15 is 0 Å². The van der Waals surface area contributed by atoms with Crippen molar-refractivity contribution in [3.05, 3.63) is 17.5 Å². The number of amides is 1. The molecule has 0 bridgehead atoms. The van der Waals surface area contributed by atoms with Crippen molar-refractivity contribution in [2.75, 3.05) is 13.1 Å². The molecule has 2 fully saturated rings. The third-order valence-corrected chi connectivity index (χ3v) is 4.00. The minimum atomic E-state index is 0.00567. The Balaban J connectivity index is 1.51. The highest BCUT2D eigenvalue weighted by Gasteiger charge is 2.32. The lowest BCUT2D eigenvalue weighted by Crippen LogP contribution is -2.45. The molecule has 1 aliphatic heterocycles. The fourth-order valence-electron chi connectivity index (χ4n) is 2.69. The standard InChI is InChI=1S/C13H20N4O/c1-9-12(8-14-16-9)13(18)15-10-4-6-17(7-5-10)11-2-3-11/h8,10-11H,2-7H2,1H3,(H,14,16)(H,15,18). The number of nitrogens with one attached hydrogen (secondary N) is 2. The van der Waals surface area contributed by atoms with Crippen molar-refractivity contribution in [3.63, 3.8) is 0 Å². The van der Waals surface area contributed by atoms with Crippen LogP contribution in [0.1, 0.15) is 41.7 Å². The van der Waals surface area contributed by atoms with Gasteiger partial charge in [-0.1, -0.05) is 0 Å². The maximum Gasteiger partial charge on any atom is 0.254 e. The second-order valence-corrected chi connectivity index (χ2v) is 5.42. The maximum atomic E-state index is 12.0. The minimum Gasteiger partial charge on any atom is -0.349 e. The zero-order chi connectivity index (χ0) is 12.5. The molecule has 0 unspecified atom stereocenters. The summed E-state index contributed by atoms with van der Waals surface area (Å²) in [4.78, 5) is 14.6. The van der Waals surface area contributed by atoms with Crippen LogP contribution in [0.5, 0.6) is 0 Å². The van der Waals surface area contributed by atoms with Gasteiger partial charge in [0.25, 0.3) is 5.91 Å². The second-order valence-electron chi connectivity index (χ2n) is 5.42. The summed E-state index contributed by atoms with van der Waals surface area (Å²) in [7, 11) is 0. The molecule has 0 aromatic carbocycles. The van der Waals surface area contributed by atoms with E-state index in [-0.39, 0.29) is 5.91 Å². The van der Waals surface area contributed by atoms with E-state index in [0.29, 0.717) is 11.6 Å². The number of hydrogen-bond donors (Lipinski definition) is 2. The SMILES string of the molecule is Cc1[nH]ncc1C(=O)NC1CCN(C2CC2)CC1. The molecule has 5 heteroatoms. The monoisotopic (exact) mass is 248 g/mol. The molecule has 5 nitrogen and oxygen atoms in total. The van der Waals surface area contributed by atoms with E-state index in [4.69, 9.17) is 0 Å². The topological polar surface area (TPSA) is 61.0 Å². The van der Waals surface area contributed by atoms with Crippen LogP contribution in [0.4, 0.5) is 0 Å². The van der Waals surface area contributed by atoms with Gasteiger partial charge < -0.3 is 10.2 Å². The number of rotatable bonds is 3. The van der Waals surface area contributed by atoms with Gasteiger partial charge in [0.2, 0.25) is 0 Å². The second kappa shape index (κ2) is 4.72. The van der Waals surface area contributed by atoms with Crippen LogP contribution >= 0.6 is 0 Å². The van der Waals surface area contributed by atoms with Gasteiger partial charge >= 0.3 is 0 Å². The van der Waals surface area contributed by atoms with Crippen LogP contribution in [0.3, 0.4) is 0 Å². The molecular weight excluding hydrogens is 228 g/mol. The summed E-state index contributed by atoms with van der Waals surface area (Å²) in [6, 6.07) is 1.17. The molecule has 0 spiro atoms. The predicted molar refractivity (Wildman–Crippen MR) is 68.4 cm³/mol. The van der Waals surface area contributed by atoms with Crippen molar-refractivity contribution < 1.29 is 4.79 Å². The molecule has 18 heavy (non-hydrogen) atoms. The molecule has 1 saturated carbocycles. The molecule has 1 aromatic rings. The molecule has 0 radical (unpaired) electrons. The molecule has 1 aromatic heterocycles. The normalized spacial score (nSPS) is 22.1. The summed E-state index contributed by atoms with van der Waals surface area (Å²) < 4.78 is 0. The lowest BCUT2D eigenvalue weighted by Gasteiger charge is -2.32. The predicted octanol–water partition coefficient (Wildman–Crippen LogP) is 1.07. The van der Waals surface area contributed by atoms with Gasteiger partial charge in [0.1, 0.15) is 0 Å². The van der Waals surface area contributed by atoms with Crippen LogP contribution in [-0.2, 0) is 0 Å². The first-order chi connectivity index (χ1) is 8.74. The number of aromatic amines is 1. The summed E-state index contributed by atoms with van der Waals surface area (Å²) >= 11 is 0. The number of aryl methyl sites for hydroxylation is 1. The Bertz CT molecular complexity index is 430. The molecule has 3 rings (SSSR count). The van der Waals surface area contributed by atoms with E-state index in [1.54, 1.807) is 6.20 Å². The van der Waals surface area contributed by atoms with Gasteiger partial charge in [0.05, 0.1) is 11.8 Å². The molecule has 1 amide bonds. The highest BCUT2D eigenvalue weighted by Crippen LogP contribution is 2.29. The minimum absolute atomic E-state index is 0.00567. The Kier molecular flexibility index (Phi) is 3.07. The number of nitrogens with zero attached hydrogens (tertiary/aromatic N) is 2. The first-order valence-corrected chi connectivity index (χ1v) is 6.79. The van der Waals surface area contributed by atoms with E-state index in [1.807, 2.05) is 6.92 Å². The lowest BCUT2D eigenvalue weighted by atomic mass is 10.0. The highest BCUT2D eigenvalue weighted by atomic mass is 16.1. The number of hydrogen-bond acceptors (Lipinski definition) is 3. The maximum absolute atomic E-state index is 12.0. The van der Waals surface area contributed by atoms with Gasteiger partial charge in [-0.05, 0) is 32.6 Å². The van der Waals surface area contributed by atoms with E-state index in [9.17, 15) is 4.79 Å². The van der Waals surface area contributed by atoms with Crippen LogP contribution < -0.4 is 5.32 Å².